The number of amides is 2. The smallest absolute Gasteiger partial charge is 0.315 e. The van der Waals surface area contributed by atoms with Crippen molar-refractivity contribution in [3.63, 3.8) is 0 Å². The third kappa shape index (κ3) is 5.59. The number of urea groups is 1. The fraction of sp³-hybridized carbons (Fsp3) is 0.615. The van der Waals surface area contributed by atoms with Gasteiger partial charge < -0.3 is 20.1 Å². The van der Waals surface area contributed by atoms with Gasteiger partial charge in [-0.05, 0) is 24.3 Å². The van der Waals surface area contributed by atoms with Crippen LogP contribution < -0.4 is 10.6 Å². The van der Waals surface area contributed by atoms with E-state index in [1.807, 2.05) is 17.5 Å². The Bertz CT molecular complexity index is 364. The SMILES string of the molecule is O=C(NCCOCC1CCCO1)NCc1cccs1. The molecule has 1 fully saturated rings. The highest BCUT2D eigenvalue weighted by Gasteiger charge is 2.14. The van der Waals surface area contributed by atoms with Crippen molar-refractivity contribution in [3.8, 4) is 0 Å². The van der Waals surface area contributed by atoms with Crippen molar-refractivity contribution < 1.29 is 14.3 Å². The molecule has 1 atom stereocenters. The molecule has 1 aliphatic rings. The zero-order chi connectivity index (χ0) is 13.3. The summed E-state index contributed by atoms with van der Waals surface area (Å²) in [6.45, 7) is 3.07. The van der Waals surface area contributed by atoms with Gasteiger partial charge in [-0.15, -0.1) is 11.3 Å². The fourth-order valence-electron chi connectivity index (χ4n) is 1.87. The van der Waals surface area contributed by atoms with Gasteiger partial charge >= 0.3 is 6.03 Å². The van der Waals surface area contributed by atoms with Crippen LogP contribution in [0.25, 0.3) is 0 Å². The number of thiophene rings is 1. The zero-order valence-corrected chi connectivity index (χ0v) is 11.7. The van der Waals surface area contributed by atoms with Gasteiger partial charge in [-0.1, -0.05) is 6.07 Å². The summed E-state index contributed by atoms with van der Waals surface area (Å²) in [5.74, 6) is 0. The summed E-state index contributed by atoms with van der Waals surface area (Å²) < 4.78 is 10.9. The third-order valence-corrected chi connectivity index (χ3v) is 3.74. The topological polar surface area (TPSA) is 59.6 Å². The third-order valence-electron chi connectivity index (χ3n) is 2.86. The summed E-state index contributed by atoms with van der Waals surface area (Å²) in [5, 5.41) is 7.55. The summed E-state index contributed by atoms with van der Waals surface area (Å²) in [6, 6.07) is 3.81. The van der Waals surface area contributed by atoms with Crippen molar-refractivity contribution in [1.29, 1.82) is 0 Å². The Balaban J connectivity index is 1.45. The van der Waals surface area contributed by atoms with Crippen LogP contribution in [-0.2, 0) is 16.0 Å². The highest BCUT2D eigenvalue weighted by molar-refractivity contribution is 7.09. The normalized spacial score (nSPS) is 18.4. The van der Waals surface area contributed by atoms with Gasteiger partial charge in [0.15, 0.2) is 0 Å². The van der Waals surface area contributed by atoms with E-state index in [0.29, 0.717) is 26.3 Å². The molecule has 1 unspecified atom stereocenters. The first-order chi connectivity index (χ1) is 9.34. The van der Waals surface area contributed by atoms with Crippen molar-refractivity contribution in [1.82, 2.24) is 10.6 Å². The van der Waals surface area contributed by atoms with E-state index >= 15 is 0 Å². The zero-order valence-electron chi connectivity index (χ0n) is 10.9. The largest absolute Gasteiger partial charge is 0.377 e. The molecule has 0 spiro atoms. The van der Waals surface area contributed by atoms with Crippen LogP contribution in [0.15, 0.2) is 17.5 Å². The Morgan fingerprint density at radius 1 is 1.53 bits per heavy atom. The molecular weight excluding hydrogens is 264 g/mol. The number of carbonyl (C=O) groups is 1. The monoisotopic (exact) mass is 284 g/mol. The van der Waals surface area contributed by atoms with Crippen LogP contribution in [0, 0.1) is 0 Å². The maximum atomic E-state index is 11.5. The fourth-order valence-corrected chi connectivity index (χ4v) is 2.51. The first-order valence-electron chi connectivity index (χ1n) is 6.58. The minimum absolute atomic E-state index is 0.158. The van der Waals surface area contributed by atoms with Crippen molar-refractivity contribution in [2.45, 2.75) is 25.5 Å². The maximum Gasteiger partial charge on any atom is 0.315 e. The van der Waals surface area contributed by atoms with Crippen molar-refractivity contribution in [2.75, 3.05) is 26.4 Å². The highest BCUT2D eigenvalue weighted by Crippen LogP contribution is 2.11. The summed E-state index contributed by atoms with van der Waals surface area (Å²) >= 11 is 1.63. The highest BCUT2D eigenvalue weighted by atomic mass is 32.1. The molecule has 2 rings (SSSR count). The molecule has 1 saturated heterocycles. The second-order valence-corrected chi connectivity index (χ2v) is 5.43. The Hall–Kier alpha value is -1.11. The van der Waals surface area contributed by atoms with Gasteiger partial charge in [-0.25, -0.2) is 4.79 Å². The molecule has 0 saturated carbocycles. The molecule has 0 aliphatic carbocycles. The van der Waals surface area contributed by atoms with Crippen molar-refractivity contribution in [2.24, 2.45) is 0 Å². The van der Waals surface area contributed by atoms with E-state index in [0.717, 1.165) is 24.3 Å². The summed E-state index contributed by atoms with van der Waals surface area (Å²) in [5.41, 5.74) is 0. The number of ether oxygens (including phenoxy) is 2. The van der Waals surface area contributed by atoms with Crippen LogP contribution in [0.1, 0.15) is 17.7 Å². The quantitative estimate of drug-likeness (QED) is 0.750. The van der Waals surface area contributed by atoms with Crippen LogP contribution in [0.3, 0.4) is 0 Å². The molecule has 2 amide bonds. The van der Waals surface area contributed by atoms with Gasteiger partial charge in [0.1, 0.15) is 0 Å². The number of hydrogen-bond donors (Lipinski definition) is 2. The molecule has 19 heavy (non-hydrogen) atoms. The molecule has 1 aromatic heterocycles. The van der Waals surface area contributed by atoms with E-state index in [1.54, 1.807) is 11.3 Å². The van der Waals surface area contributed by atoms with Crippen LogP contribution in [0.4, 0.5) is 4.79 Å². The van der Waals surface area contributed by atoms with Crippen LogP contribution in [-0.4, -0.2) is 38.5 Å². The van der Waals surface area contributed by atoms with Crippen LogP contribution >= 0.6 is 11.3 Å². The Morgan fingerprint density at radius 2 is 2.47 bits per heavy atom. The van der Waals surface area contributed by atoms with Gasteiger partial charge in [0.05, 0.1) is 25.9 Å². The number of carbonyl (C=O) groups excluding carboxylic acids is 1. The Morgan fingerprint density at radius 3 is 3.21 bits per heavy atom. The lowest BCUT2D eigenvalue weighted by atomic mass is 10.2. The van der Waals surface area contributed by atoms with E-state index in [1.165, 1.54) is 0 Å². The van der Waals surface area contributed by atoms with Crippen molar-refractivity contribution in [3.05, 3.63) is 22.4 Å². The molecule has 5 nitrogen and oxygen atoms in total. The predicted molar refractivity (Wildman–Crippen MR) is 74.4 cm³/mol. The molecule has 6 heteroatoms. The van der Waals surface area contributed by atoms with Gasteiger partial charge in [0.2, 0.25) is 0 Å². The van der Waals surface area contributed by atoms with E-state index < -0.39 is 0 Å². The van der Waals surface area contributed by atoms with E-state index in [4.69, 9.17) is 9.47 Å². The minimum Gasteiger partial charge on any atom is -0.377 e. The molecule has 2 N–H and O–H groups in total. The molecule has 1 aromatic rings. The lowest BCUT2D eigenvalue weighted by molar-refractivity contribution is 0.0188. The summed E-state index contributed by atoms with van der Waals surface area (Å²) in [7, 11) is 0. The summed E-state index contributed by atoms with van der Waals surface area (Å²) in [6.07, 6.45) is 2.44. The van der Waals surface area contributed by atoms with E-state index in [9.17, 15) is 4.79 Å². The average Bonchev–Trinajstić information content (AvgIpc) is 3.09. The number of nitrogens with one attached hydrogen (secondary N) is 2. The molecule has 0 radical (unpaired) electrons. The van der Waals surface area contributed by atoms with E-state index in [-0.39, 0.29) is 12.1 Å². The van der Waals surface area contributed by atoms with Gasteiger partial charge in [-0.2, -0.15) is 0 Å². The number of hydrogen-bond acceptors (Lipinski definition) is 4. The first-order valence-corrected chi connectivity index (χ1v) is 7.46. The van der Waals surface area contributed by atoms with Crippen LogP contribution in [0.2, 0.25) is 0 Å². The molecule has 2 heterocycles. The molecule has 0 bridgehead atoms. The second kappa shape index (κ2) is 8.14. The average molecular weight is 284 g/mol. The standard InChI is InChI=1S/C13H20N2O3S/c16-13(15-9-12-4-2-8-19-12)14-5-7-17-10-11-3-1-6-18-11/h2,4,8,11H,1,3,5-7,9-10H2,(H2,14,15,16). The second-order valence-electron chi connectivity index (χ2n) is 4.40. The van der Waals surface area contributed by atoms with E-state index in [2.05, 4.69) is 10.6 Å². The minimum atomic E-state index is -0.158. The van der Waals surface area contributed by atoms with Gasteiger partial charge in [0.25, 0.3) is 0 Å². The van der Waals surface area contributed by atoms with Gasteiger partial charge in [-0.3, -0.25) is 0 Å². The molecular formula is C13H20N2O3S. The Labute approximate surface area is 117 Å². The predicted octanol–water partition coefficient (Wildman–Crippen LogP) is 1.74. The first kappa shape index (κ1) is 14.3. The maximum absolute atomic E-state index is 11.5. The Kier molecular flexibility index (Phi) is 6.13. The lowest BCUT2D eigenvalue weighted by Crippen LogP contribution is -2.37. The molecule has 0 aromatic carbocycles. The lowest BCUT2D eigenvalue weighted by Gasteiger charge is -2.10. The van der Waals surface area contributed by atoms with Crippen molar-refractivity contribution >= 4 is 17.4 Å². The summed E-state index contributed by atoms with van der Waals surface area (Å²) in [4.78, 5) is 12.6. The van der Waals surface area contributed by atoms with Gasteiger partial charge in [0, 0.05) is 18.0 Å². The number of rotatable bonds is 7. The molecule has 1 aliphatic heterocycles. The molecule has 106 valence electrons. The van der Waals surface area contributed by atoms with Crippen LogP contribution in [0.5, 0.6) is 0 Å².